The van der Waals surface area contributed by atoms with Crippen molar-refractivity contribution in [2.75, 3.05) is 0 Å². The van der Waals surface area contributed by atoms with E-state index in [1.807, 2.05) is 6.20 Å². The quantitative estimate of drug-likeness (QED) is 0.734. The van der Waals surface area contributed by atoms with Crippen molar-refractivity contribution >= 4 is 10.8 Å². The van der Waals surface area contributed by atoms with Crippen molar-refractivity contribution in [1.82, 2.24) is 10.6 Å². The van der Waals surface area contributed by atoms with Crippen LogP contribution < -0.4 is 10.6 Å². The highest BCUT2D eigenvalue weighted by Gasteiger charge is 2.19. The second kappa shape index (κ2) is 5.66. The van der Waals surface area contributed by atoms with Gasteiger partial charge in [0, 0.05) is 0 Å². The monoisotopic (exact) mass is 286 g/mol. The molecule has 0 saturated carbocycles. The topological polar surface area (TPSA) is 24.1 Å². The highest BCUT2D eigenvalue weighted by atomic mass is 15.1. The summed E-state index contributed by atoms with van der Waals surface area (Å²) in [5.41, 5.74) is 2.54. The van der Waals surface area contributed by atoms with E-state index in [4.69, 9.17) is 0 Å². The van der Waals surface area contributed by atoms with Gasteiger partial charge in [-0.2, -0.15) is 0 Å². The number of fused-ring (bicyclic) bond motifs is 1. The van der Waals surface area contributed by atoms with Gasteiger partial charge in [0.15, 0.2) is 0 Å². The summed E-state index contributed by atoms with van der Waals surface area (Å²) in [5, 5.41) is 9.61. The van der Waals surface area contributed by atoms with Crippen molar-refractivity contribution in [1.29, 1.82) is 0 Å². The van der Waals surface area contributed by atoms with Crippen LogP contribution in [0, 0.1) is 0 Å². The molecule has 0 spiro atoms. The van der Waals surface area contributed by atoms with Gasteiger partial charge in [0.1, 0.15) is 6.17 Å². The van der Waals surface area contributed by atoms with Crippen molar-refractivity contribution in [2.24, 2.45) is 0 Å². The van der Waals surface area contributed by atoms with Gasteiger partial charge in [-0.1, -0.05) is 66.7 Å². The van der Waals surface area contributed by atoms with E-state index in [0.717, 1.165) is 0 Å². The first-order valence-electron chi connectivity index (χ1n) is 7.62. The van der Waals surface area contributed by atoms with Crippen molar-refractivity contribution < 1.29 is 0 Å². The second-order valence-electron chi connectivity index (χ2n) is 5.62. The van der Waals surface area contributed by atoms with Crippen LogP contribution in [0.25, 0.3) is 10.8 Å². The summed E-state index contributed by atoms with van der Waals surface area (Å²) in [7, 11) is 0. The lowest BCUT2D eigenvalue weighted by molar-refractivity contribution is 0.433. The normalized spacial score (nSPS) is 20.7. The Morgan fingerprint density at radius 3 is 2.32 bits per heavy atom. The van der Waals surface area contributed by atoms with E-state index in [1.165, 1.54) is 21.9 Å². The Labute approximate surface area is 130 Å². The Balaban J connectivity index is 1.63. The molecule has 1 aliphatic rings. The average molecular weight is 286 g/mol. The van der Waals surface area contributed by atoms with Crippen LogP contribution in [0.1, 0.15) is 23.3 Å². The Hall–Kier alpha value is -2.58. The van der Waals surface area contributed by atoms with E-state index in [1.54, 1.807) is 0 Å². The zero-order valence-corrected chi connectivity index (χ0v) is 12.2. The molecule has 0 saturated heterocycles. The zero-order chi connectivity index (χ0) is 14.8. The first-order chi connectivity index (χ1) is 10.9. The molecule has 108 valence electrons. The van der Waals surface area contributed by atoms with Gasteiger partial charge in [0.2, 0.25) is 0 Å². The van der Waals surface area contributed by atoms with Crippen LogP contribution in [0.15, 0.2) is 85.1 Å². The first-order valence-corrected chi connectivity index (χ1v) is 7.62. The minimum Gasteiger partial charge on any atom is -0.372 e. The van der Waals surface area contributed by atoms with Crippen LogP contribution in [0.5, 0.6) is 0 Å². The van der Waals surface area contributed by atoms with Crippen LogP contribution in [0.2, 0.25) is 0 Å². The summed E-state index contributed by atoms with van der Waals surface area (Å²) >= 11 is 0. The molecule has 4 rings (SSSR count). The molecular weight excluding hydrogens is 268 g/mol. The van der Waals surface area contributed by atoms with E-state index in [0.29, 0.717) is 0 Å². The molecule has 0 aromatic heterocycles. The molecule has 1 heterocycles. The number of nitrogens with one attached hydrogen (secondary N) is 2. The fraction of sp³-hybridized carbons (Fsp3) is 0.100. The molecule has 0 aliphatic carbocycles. The van der Waals surface area contributed by atoms with Crippen LogP contribution in [0.4, 0.5) is 0 Å². The SMILES string of the molecule is C1=CC(c2ccccc2)NC(c2ccc3ccccc3c2)N1. The van der Waals surface area contributed by atoms with Crippen molar-refractivity contribution in [2.45, 2.75) is 12.2 Å². The van der Waals surface area contributed by atoms with Gasteiger partial charge in [0.25, 0.3) is 0 Å². The summed E-state index contributed by atoms with van der Waals surface area (Å²) in [6.07, 6.45) is 4.33. The van der Waals surface area contributed by atoms with Crippen LogP contribution in [0.3, 0.4) is 0 Å². The molecule has 0 radical (unpaired) electrons. The fourth-order valence-electron chi connectivity index (χ4n) is 2.98. The van der Waals surface area contributed by atoms with Gasteiger partial charge in [-0.15, -0.1) is 0 Å². The fourth-order valence-corrected chi connectivity index (χ4v) is 2.98. The molecule has 2 heteroatoms. The number of hydrogen-bond acceptors (Lipinski definition) is 2. The Morgan fingerprint density at radius 1 is 0.682 bits per heavy atom. The highest BCUT2D eigenvalue weighted by molar-refractivity contribution is 5.83. The molecule has 2 atom stereocenters. The predicted molar refractivity (Wildman–Crippen MR) is 91.3 cm³/mol. The third-order valence-corrected chi connectivity index (χ3v) is 4.16. The van der Waals surface area contributed by atoms with E-state index in [-0.39, 0.29) is 12.2 Å². The molecule has 0 bridgehead atoms. The average Bonchev–Trinajstić information content (AvgIpc) is 2.62. The summed E-state index contributed by atoms with van der Waals surface area (Å²) in [4.78, 5) is 0. The summed E-state index contributed by atoms with van der Waals surface area (Å²) in [6, 6.07) is 25.9. The molecule has 2 unspecified atom stereocenters. The van der Waals surface area contributed by atoms with Gasteiger partial charge < -0.3 is 5.32 Å². The van der Waals surface area contributed by atoms with Gasteiger partial charge in [0.05, 0.1) is 6.04 Å². The van der Waals surface area contributed by atoms with E-state index in [2.05, 4.69) is 89.5 Å². The van der Waals surface area contributed by atoms with Crippen molar-refractivity contribution in [3.05, 3.63) is 96.2 Å². The molecule has 3 aromatic carbocycles. The van der Waals surface area contributed by atoms with E-state index in [9.17, 15) is 0 Å². The van der Waals surface area contributed by atoms with Gasteiger partial charge >= 0.3 is 0 Å². The molecule has 2 nitrogen and oxygen atoms in total. The number of benzene rings is 3. The largest absolute Gasteiger partial charge is 0.372 e. The van der Waals surface area contributed by atoms with E-state index < -0.39 is 0 Å². The maximum absolute atomic E-state index is 3.65. The molecule has 3 aromatic rings. The van der Waals surface area contributed by atoms with Gasteiger partial charge in [-0.25, -0.2) is 0 Å². The zero-order valence-electron chi connectivity index (χ0n) is 12.2. The predicted octanol–water partition coefficient (Wildman–Crippen LogP) is 4.29. The Bertz CT molecular complexity index is 808. The third kappa shape index (κ3) is 2.49. The standard InChI is InChI=1S/C20H18N2/c1-2-7-16(8-3-1)19-12-13-21-20(22-19)18-11-10-15-6-4-5-9-17(15)14-18/h1-14,19-22H. The highest BCUT2D eigenvalue weighted by Crippen LogP contribution is 2.25. The lowest BCUT2D eigenvalue weighted by Gasteiger charge is -2.29. The lowest BCUT2D eigenvalue weighted by Crippen LogP contribution is -2.37. The minimum absolute atomic E-state index is 0.125. The number of rotatable bonds is 2. The summed E-state index contributed by atoms with van der Waals surface area (Å²) < 4.78 is 0. The molecule has 1 aliphatic heterocycles. The molecule has 22 heavy (non-hydrogen) atoms. The Morgan fingerprint density at radius 2 is 1.45 bits per heavy atom. The molecular formula is C20H18N2. The lowest BCUT2D eigenvalue weighted by atomic mass is 10.0. The van der Waals surface area contributed by atoms with E-state index >= 15 is 0 Å². The van der Waals surface area contributed by atoms with Crippen molar-refractivity contribution in [3.8, 4) is 0 Å². The third-order valence-electron chi connectivity index (χ3n) is 4.16. The van der Waals surface area contributed by atoms with Crippen LogP contribution in [-0.2, 0) is 0 Å². The molecule has 2 N–H and O–H groups in total. The maximum atomic E-state index is 3.65. The summed E-state index contributed by atoms with van der Waals surface area (Å²) in [6.45, 7) is 0. The maximum Gasteiger partial charge on any atom is 0.103 e. The number of hydrogen-bond donors (Lipinski definition) is 2. The first kappa shape index (κ1) is 13.1. The summed E-state index contributed by atoms with van der Waals surface area (Å²) in [5.74, 6) is 0. The minimum atomic E-state index is 0.125. The van der Waals surface area contributed by atoms with Crippen LogP contribution >= 0.6 is 0 Å². The second-order valence-corrected chi connectivity index (χ2v) is 5.62. The molecule has 0 amide bonds. The smallest absolute Gasteiger partial charge is 0.103 e. The van der Waals surface area contributed by atoms with Gasteiger partial charge in [-0.3, -0.25) is 5.32 Å². The van der Waals surface area contributed by atoms with Gasteiger partial charge in [-0.05, 0) is 40.2 Å². The Kier molecular flexibility index (Phi) is 3.37. The molecule has 0 fully saturated rings. The van der Waals surface area contributed by atoms with Crippen LogP contribution in [-0.4, -0.2) is 0 Å². The van der Waals surface area contributed by atoms with Crippen molar-refractivity contribution in [3.63, 3.8) is 0 Å².